The SMILES string of the molecule is COC(=O)CC1CN(CC(F)F)C1. The molecule has 76 valence electrons. The van der Waals surface area contributed by atoms with Gasteiger partial charge in [0.15, 0.2) is 0 Å². The van der Waals surface area contributed by atoms with E-state index in [0.29, 0.717) is 19.5 Å². The van der Waals surface area contributed by atoms with Crippen LogP contribution >= 0.6 is 0 Å². The molecule has 0 radical (unpaired) electrons. The number of hydrogen-bond acceptors (Lipinski definition) is 3. The molecular formula is C8H13F2NO2. The molecule has 13 heavy (non-hydrogen) atoms. The van der Waals surface area contributed by atoms with Crippen LogP contribution in [-0.4, -0.2) is 44.0 Å². The molecule has 5 heteroatoms. The number of likely N-dealkylation sites (tertiary alicyclic amines) is 1. The zero-order chi connectivity index (χ0) is 9.84. The summed E-state index contributed by atoms with van der Waals surface area (Å²) in [6, 6.07) is 0. The number of nitrogens with zero attached hydrogens (tertiary/aromatic N) is 1. The van der Waals surface area contributed by atoms with Crippen LogP contribution < -0.4 is 0 Å². The van der Waals surface area contributed by atoms with Gasteiger partial charge in [-0.3, -0.25) is 9.69 Å². The van der Waals surface area contributed by atoms with Crippen molar-refractivity contribution in [2.45, 2.75) is 12.8 Å². The van der Waals surface area contributed by atoms with Crippen LogP contribution in [0.15, 0.2) is 0 Å². The maximum Gasteiger partial charge on any atom is 0.305 e. The maximum absolute atomic E-state index is 11.8. The Balaban J connectivity index is 2.08. The fraction of sp³-hybridized carbons (Fsp3) is 0.875. The predicted molar refractivity (Wildman–Crippen MR) is 42.6 cm³/mol. The molecule has 0 saturated carbocycles. The largest absolute Gasteiger partial charge is 0.469 e. The zero-order valence-electron chi connectivity index (χ0n) is 7.50. The summed E-state index contributed by atoms with van der Waals surface area (Å²) in [5, 5.41) is 0. The second-order valence-corrected chi connectivity index (χ2v) is 3.26. The van der Waals surface area contributed by atoms with Gasteiger partial charge in [0.05, 0.1) is 20.1 Å². The summed E-state index contributed by atoms with van der Waals surface area (Å²) < 4.78 is 28.1. The van der Waals surface area contributed by atoms with Gasteiger partial charge in [-0.25, -0.2) is 8.78 Å². The lowest BCUT2D eigenvalue weighted by atomic mass is 9.97. The zero-order valence-corrected chi connectivity index (χ0v) is 7.50. The highest BCUT2D eigenvalue weighted by molar-refractivity contribution is 5.69. The molecule has 0 spiro atoms. The molecule has 0 unspecified atom stereocenters. The fourth-order valence-electron chi connectivity index (χ4n) is 1.47. The molecule has 1 heterocycles. The number of ether oxygens (including phenoxy) is 1. The average molecular weight is 193 g/mol. The Bertz CT molecular complexity index is 181. The summed E-state index contributed by atoms with van der Waals surface area (Å²) in [4.78, 5) is 12.4. The summed E-state index contributed by atoms with van der Waals surface area (Å²) in [5.74, 6) is -0.0621. The minimum Gasteiger partial charge on any atom is -0.469 e. The summed E-state index contributed by atoms with van der Waals surface area (Å²) in [7, 11) is 1.33. The minimum absolute atomic E-state index is 0.183. The molecule has 1 fully saturated rings. The van der Waals surface area contributed by atoms with Crippen LogP contribution in [0.2, 0.25) is 0 Å². The molecule has 0 atom stereocenters. The van der Waals surface area contributed by atoms with Gasteiger partial charge in [-0.2, -0.15) is 0 Å². The fourth-order valence-corrected chi connectivity index (χ4v) is 1.47. The molecule has 0 amide bonds. The minimum atomic E-state index is -2.28. The van der Waals surface area contributed by atoms with Crippen molar-refractivity contribution in [1.82, 2.24) is 4.90 Å². The van der Waals surface area contributed by atoms with E-state index in [2.05, 4.69) is 4.74 Å². The van der Waals surface area contributed by atoms with Crippen molar-refractivity contribution in [3.8, 4) is 0 Å². The lowest BCUT2D eigenvalue weighted by molar-refractivity contribution is -0.143. The Kier molecular flexibility index (Phi) is 3.59. The van der Waals surface area contributed by atoms with Gasteiger partial charge in [0, 0.05) is 13.1 Å². The van der Waals surface area contributed by atoms with Crippen molar-refractivity contribution in [2.75, 3.05) is 26.7 Å². The first-order valence-electron chi connectivity index (χ1n) is 4.19. The molecule has 3 nitrogen and oxygen atoms in total. The Morgan fingerprint density at radius 3 is 2.69 bits per heavy atom. The second kappa shape index (κ2) is 4.50. The van der Waals surface area contributed by atoms with E-state index in [1.165, 1.54) is 7.11 Å². The predicted octanol–water partition coefficient (Wildman–Crippen LogP) is 0.746. The van der Waals surface area contributed by atoms with Crippen LogP contribution in [0.5, 0.6) is 0 Å². The van der Waals surface area contributed by atoms with Gasteiger partial charge < -0.3 is 4.74 Å². The molecule has 0 aromatic heterocycles. The molecule has 0 aliphatic carbocycles. The number of alkyl halides is 2. The summed E-state index contributed by atoms with van der Waals surface area (Å²) >= 11 is 0. The smallest absolute Gasteiger partial charge is 0.305 e. The first-order chi connectivity index (χ1) is 6.11. The van der Waals surface area contributed by atoms with Crippen LogP contribution in [0.1, 0.15) is 6.42 Å². The van der Waals surface area contributed by atoms with Crippen molar-refractivity contribution in [1.29, 1.82) is 0 Å². The number of hydrogen-bond donors (Lipinski definition) is 0. The van der Waals surface area contributed by atoms with Gasteiger partial charge >= 0.3 is 5.97 Å². The number of carbonyl (C=O) groups is 1. The number of rotatable bonds is 4. The molecular weight excluding hydrogens is 180 g/mol. The van der Waals surface area contributed by atoms with Crippen LogP contribution in [-0.2, 0) is 9.53 Å². The van der Waals surface area contributed by atoms with Gasteiger partial charge in [-0.15, -0.1) is 0 Å². The molecule has 0 aromatic carbocycles. The van der Waals surface area contributed by atoms with E-state index in [0.717, 1.165) is 0 Å². The van der Waals surface area contributed by atoms with Crippen LogP contribution in [0, 0.1) is 5.92 Å². The van der Waals surface area contributed by atoms with Crippen molar-refractivity contribution in [3.63, 3.8) is 0 Å². The normalized spacial score (nSPS) is 18.8. The van der Waals surface area contributed by atoms with E-state index in [1.54, 1.807) is 4.90 Å². The lowest BCUT2D eigenvalue weighted by Crippen LogP contribution is -2.49. The number of methoxy groups -OCH3 is 1. The Labute approximate surface area is 75.7 Å². The van der Waals surface area contributed by atoms with Crippen LogP contribution in [0.25, 0.3) is 0 Å². The van der Waals surface area contributed by atoms with Crippen LogP contribution in [0.4, 0.5) is 8.78 Å². The topological polar surface area (TPSA) is 29.5 Å². The molecule has 1 rings (SSSR count). The first kappa shape index (κ1) is 10.4. The third-order valence-electron chi connectivity index (χ3n) is 2.11. The van der Waals surface area contributed by atoms with E-state index in [-0.39, 0.29) is 18.4 Å². The van der Waals surface area contributed by atoms with Crippen LogP contribution in [0.3, 0.4) is 0 Å². The second-order valence-electron chi connectivity index (χ2n) is 3.26. The summed E-state index contributed by atoms with van der Waals surface area (Å²) in [6.07, 6.45) is -1.94. The Morgan fingerprint density at radius 1 is 1.62 bits per heavy atom. The van der Waals surface area contributed by atoms with Crippen molar-refractivity contribution < 1.29 is 18.3 Å². The Hall–Kier alpha value is -0.710. The average Bonchev–Trinajstić information content (AvgIpc) is 1.99. The third kappa shape index (κ3) is 3.26. The van der Waals surface area contributed by atoms with E-state index in [9.17, 15) is 13.6 Å². The molecule has 0 aromatic rings. The summed E-state index contributed by atoms with van der Waals surface area (Å²) in [5.41, 5.74) is 0. The van der Waals surface area contributed by atoms with Gasteiger partial charge in [0.2, 0.25) is 0 Å². The summed E-state index contributed by atoms with van der Waals surface area (Å²) in [6.45, 7) is 0.983. The van der Waals surface area contributed by atoms with E-state index in [4.69, 9.17) is 0 Å². The number of halogens is 2. The number of esters is 1. The van der Waals surface area contributed by atoms with E-state index < -0.39 is 6.43 Å². The molecule has 1 aliphatic heterocycles. The highest BCUT2D eigenvalue weighted by Crippen LogP contribution is 2.20. The van der Waals surface area contributed by atoms with E-state index in [1.807, 2.05) is 0 Å². The monoisotopic (exact) mass is 193 g/mol. The quantitative estimate of drug-likeness (QED) is 0.617. The number of carbonyl (C=O) groups excluding carboxylic acids is 1. The lowest BCUT2D eigenvalue weighted by Gasteiger charge is -2.38. The van der Waals surface area contributed by atoms with Crippen molar-refractivity contribution in [2.24, 2.45) is 5.92 Å². The van der Waals surface area contributed by atoms with E-state index >= 15 is 0 Å². The molecule has 0 bridgehead atoms. The molecule has 1 saturated heterocycles. The first-order valence-corrected chi connectivity index (χ1v) is 4.19. The standard InChI is InChI=1S/C8H13F2NO2/c1-13-8(12)2-6-3-11(4-6)5-7(9)10/h6-7H,2-5H2,1H3. The highest BCUT2D eigenvalue weighted by Gasteiger charge is 2.30. The van der Waals surface area contributed by atoms with Gasteiger partial charge in [-0.1, -0.05) is 0 Å². The van der Waals surface area contributed by atoms with Crippen molar-refractivity contribution >= 4 is 5.97 Å². The van der Waals surface area contributed by atoms with Gasteiger partial charge in [0.25, 0.3) is 6.43 Å². The molecule has 0 N–H and O–H groups in total. The Morgan fingerprint density at radius 2 is 2.23 bits per heavy atom. The third-order valence-corrected chi connectivity index (χ3v) is 2.11. The van der Waals surface area contributed by atoms with Gasteiger partial charge in [-0.05, 0) is 5.92 Å². The van der Waals surface area contributed by atoms with Crippen molar-refractivity contribution in [3.05, 3.63) is 0 Å². The van der Waals surface area contributed by atoms with Gasteiger partial charge in [0.1, 0.15) is 0 Å². The molecule has 1 aliphatic rings. The maximum atomic E-state index is 11.8. The highest BCUT2D eigenvalue weighted by atomic mass is 19.3.